The van der Waals surface area contributed by atoms with Crippen molar-refractivity contribution in [1.82, 2.24) is 10.2 Å². The van der Waals surface area contributed by atoms with Gasteiger partial charge in [0.2, 0.25) is 0 Å². The van der Waals surface area contributed by atoms with E-state index in [1.54, 1.807) is 7.05 Å². The maximum Gasteiger partial charge on any atom is 0.323 e. The van der Waals surface area contributed by atoms with E-state index in [0.29, 0.717) is 12.8 Å². The SMILES string of the molecule is CCC(CCCN(CCC(C)C)C1CC1)(NC)C(=O)O. The predicted octanol–water partition coefficient (Wildman–Crippen LogP) is 2.73. The van der Waals surface area contributed by atoms with E-state index >= 15 is 0 Å². The number of rotatable bonds is 11. The average molecular weight is 284 g/mol. The van der Waals surface area contributed by atoms with Gasteiger partial charge < -0.3 is 15.3 Å². The highest BCUT2D eigenvalue weighted by Crippen LogP contribution is 2.28. The molecule has 1 unspecified atom stereocenters. The van der Waals surface area contributed by atoms with Gasteiger partial charge in [0.15, 0.2) is 0 Å². The average Bonchev–Trinajstić information content (AvgIpc) is 3.22. The van der Waals surface area contributed by atoms with Crippen molar-refractivity contribution in [2.45, 2.75) is 70.9 Å². The number of hydrogen-bond acceptors (Lipinski definition) is 3. The summed E-state index contributed by atoms with van der Waals surface area (Å²) >= 11 is 0. The van der Waals surface area contributed by atoms with E-state index in [0.717, 1.165) is 31.5 Å². The van der Waals surface area contributed by atoms with Crippen LogP contribution >= 0.6 is 0 Å². The molecule has 0 aromatic carbocycles. The van der Waals surface area contributed by atoms with Crippen LogP contribution in [0.2, 0.25) is 0 Å². The molecule has 0 spiro atoms. The largest absolute Gasteiger partial charge is 0.480 e. The number of nitrogens with zero attached hydrogens (tertiary/aromatic N) is 1. The van der Waals surface area contributed by atoms with Gasteiger partial charge in [-0.2, -0.15) is 0 Å². The van der Waals surface area contributed by atoms with E-state index in [1.807, 2.05) is 6.92 Å². The number of aliphatic carboxylic acids is 1. The van der Waals surface area contributed by atoms with Crippen molar-refractivity contribution in [3.63, 3.8) is 0 Å². The Morgan fingerprint density at radius 1 is 1.40 bits per heavy atom. The predicted molar refractivity (Wildman–Crippen MR) is 83.0 cm³/mol. The Bertz CT molecular complexity index is 297. The fraction of sp³-hybridized carbons (Fsp3) is 0.938. The normalized spacial score (nSPS) is 18.5. The first-order valence-corrected chi connectivity index (χ1v) is 8.11. The fourth-order valence-corrected chi connectivity index (χ4v) is 2.77. The van der Waals surface area contributed by atoms with E-state index in [4.69, 9.17) is 0 Å². The van der Waals surface area contributed by atoms with Gasteiger partial charge in [-0.3, -0.25) is 4.79 Å². The quantitative estimate of drug-likeness (QED) is 0.612. The van der Waals surface area contributed by atoms with E-state index < -0.39 is 11.5 Å². The van der Waals surface area contributed by atoms with Crippen molar-refractivity contribution >= 4 is 5.97 Å². The van der Waals surface area contributed by atoms with Crippen LogP contribution in [0.15, 0.2) is 0 Å². The van der Waals surface area contributed by atoms with E-state index in [2.05, 4.69) is 24.1 Å². The summed E-state index contributed by atoms with van der Waals surface area (Å²) in [5.74, 6) is 0.0185. The zero-order valence-corrected chi connectivity index (χ0v) is 13.6. The van der Waals surface area contributed by atoms with Gasteiger partial charge in [-0.1, -0.05) is 20.8 Å². The Morgan fingerprint density at radius 3 is 2.45 bits per heavy atom. The van der Waals surface area contributed by atoms with Crippen LogP contribution in [0.5, 0.6) is 0 Å². The summed E-state index contributed by atoms with van der Waals surface area (Å²) in [5, 5.41) is 12.4. The van der Waals surface area contributed by atoms with Crippen LogP contribution in [-0.4, -0.2) is 47.7 Å². The second-order valence-electron chi connectivity index (χ2n) is 6.54. The molecule has 20 heavy (non-hydrogen) atoms. The van der Waals surface area contributed by atoms with Gasteiger partial charge >= 0.3 is 5.97 Å². The summed E-state index contributed by atoms with van der Waals surface area (Å²) in [4.78, 5) is 14.0. The molecule has 4 nitrogen and oxygen atoms in total. The van der Waals surface area contributed by atoms with Crippen molar-refractivity contribution in [3.8, 4) is 0 Å². The van der Waals surface area contributed by atoms with Crippen LogP contribution in [-0.2, 0) is 4.79 Å². The minimum absolute atomic E-state index is 0.633. The lowest BCUT2D eigenvalue weighted by molar-refractivity contribution is -0.145. The van der Waals surface area contributed by atoms with Gasteiger partial charge in [0.05, 0.1) is 0 Å². The molecule has 0 amide bonds. The Morgan fingerprint density at radius 2 is 2.05 bits per heavy atom. The molecule has 0 aromatic rings. The third kappa shape index (κ3) is 5.06. The van der Waals surface area contributed by atoms with Gasteiger partial charge in [0.1, 0.15) is 5.54 Å². The molecule has 1 atom stereocenters. The minimum atomic E-state index is -0.743. The first kappa shape index (κ1) is 17.4. The third-order valence-corrected chi connectivity index (χ3v) is 4.60. The van der Waals surface area contributed by atoms with E-state index in [-0.39, 0.29) is 0 Å². The summed E-state index contributed by atoms with van der Waals surface area (Å²) < 4.78 is 0. The van der Waals surface area contributed by atoms with Gasteiger partial charge in [-0.25, -0.2) is 0 Å². The van der Waals surface area contributed by atoms with Crippen LogP contribution in [0.4, 0.5) is 0 Å². The smallest absolute Gasteiger partial charge is 0.323 e. The lowest BCUT2D eigenvalue weighted by Crippen LogP contribution is -2.50. The van der Waals surface area contributed by atoms with E-state index in [1.165, 1.54) is 19.3 Å². The molecule has 118 valence electrons. The van der Waals surface area contributed by atoms with Gasteiger partial charge in [-0.05, 0) is 64.6 Å². The molecule has 0 aromatic heterocycles. The van der Waals surface area contributed by atoms with Crippen LogP contribution in [0.25, 0.3) is 0 Å². The van der Waals surface area contributed by atoms with Crippen LogP contribution < -0.4 is 5.32 Å². The Labute approximate surface area is 123 Å². The zero-order valence-electron chi connectivity index (χ0n) is 13.6. The monoisotopic (exact) mass is 284 g/mol. The summed E-state index contributed by atoms with van der Waals surface area (Å²) in [7, 11) is 1.76. The third-order valence-electron chi connectivity index (χ3n) is 4.60. The Kier molecular flexibility index (Phi) is 6.96. The number of likely N-dealkylation sites (N-methyl/N-ethyl adjacent to an activating group) is 1. The minimum Gasteiger partial charge on any atom is -0.480 e. The topological polar surface area (TPSA) is 52.6 Å². The Balaban J connectivity index is 2.40. The molecule has 2 N–H and O–H groups in total. The molecular formula is C16H32N2O2. The van der Waals surface area contributed by atoms with E-state index in [9.17, 15) is 9.90 Å². The molecule has 1 rings (SSSR count). The van der Waals surface area contributed by atoms with Crippen molar-refractivity contribution in [3.05, 3.63) is 0 Å². The van der Waals surface area contributed by atoms with Crippen molar-refractivity contribution in [1.29, 1.82) is 0 Å². The number of carboxylic acid groups (broad SMARTS) is 1. The number of carboxylic acids is 1. The second-order valence-corrected chi connectivity index (χ2v) is 6.54. The summed E-state index contributed by atoms with van der Waals surface area (Å²) in [6, 6.07) is 0.768. The molecule has 1 aliphatic rings. The standard InChI is InChI=1S/C16H32N2O2/c1-5-16(17-4,15(19)20)10-6-11-18(14-7-8-14)12-9-13(2)3/h13-14,17H,5-12H2,1-4H3,(H,19,20). The highest BCUT2D eigenvalue weighted by Gasteiger charge is 2.35. The number of carbonyl (C=O) groups is 1. The molecule has 4 heteroatoms. The van der Waals surface area contributed by atoms with Gasteiger partial charge in [0, 0.05) is 6.04 Å². The number of nitrogens with one attached hydrogen (secondary N) is 1. The summed E-state index contributed by atoms with van der Waals surface area (Å²) in [6.45, 7) is 8.67. The fourth-order valence-electron chi connectivity index (χ4n) is 2.77. The highest BCUT2D eigenvalue weighted by atomic mass is 16.4. The maximum absolute atomic E-state index is 11.4. The molecule has 1 saturated carbocycles. The van der Waals surface area contributed by atoms with Crippen molar-refractivity contribution < 1.29 is 9.90 Å². The molecule has 0 aliphatic heterocycles. The molecular weight excluding hydrogens is 252 g/mol. The molecule has 1 aliphatic carbocycles. The number of hydrogen-bond donors (Lipinski definition) is 2. The lowest BCUT2D eigenvalue weighted by Gasteiger charge is -2.29. The summed E-state index contributed by atoms with van der Waals surface area (Å²) in [5.41, 5.74) is -0.743. The van der Waals surface area contributed by atoms with Gasteiger partial charge in [0.25, 0.3) is 0 Å². The zero-order chi connectivity index (χ0) is 15.2. The first-order chi connectivity index (χ1) is 9.45. The molecule has 0 heterocycles. The van der Waals surface area contributed by atoms with Crippen molar-refractivity contribution in [2.24, 2.45) is 5.92 Å². The lowest BCUT2D eigenvalue weighted by atomic mass is 9.90. The Hall–Kier alpha value is -0.610. The summed E-state index contributed by atoms with van der Waals surface area (Å²) in [6.07, 6.45) is 6.17. The maximum atomic E-state index is 11.4. The molecule has 0 radical (unpaired) electrons. The molecule has 0 bridgehead atoms. The van der Waals surface area contributed by atoms with Crippen LogP contribution in [0.1, 0.15) is 59.3 Å². The van der Waals surface area contributed by atoms with Crippen LogP contribution in [0.3, 0.4) is 0 Å². The first-order valence-electron chi connectivity index (χ1n) is 8.11. The second kappa shape index (κ2) is 7.99. The van der Waals surface area contributed by atoms with Gasteiger partial charge in [-0.15, -0.1) is 0 Å². The molecule has 0 saturated heterocycles. The molecule has 1 fully saturated rings. The van der Waals surface area contributed by atoms with Crippen LogP contribution in [0, 0.1) is 5.92 Å². The van der Waals surface area contributed by atoms with Crippen molar-refractivity contribution in [2.75, 3.05) is 20.1 Å². The highest BCUT2D eigenvalue weighted by molar-refractivity contribution is 5.78.